The van der Waals surface area contributed by atoms with E-state index in [1.54, 1.807) is 6.20 Å². The Kier molecular flexibility index (Phi) is 3.51. The number of H-pyrrole nitrogens is 2. The first-order valence-electron chi connectivity index (χ1n) is 7.38. The van der Waals surface area contributed by atoms with Crippen molar-refractivity contribution in [3.05, 3.63) is 68.8 Å². The van der Waals surface area contributed by atoms with Crippen LogP contribution in [0.5, 0.6) is 0 Å². The number of benzene rings is 2. The van der Waals surface area contributed by atoms with Crippen molar-refractivity contribution in [1.82, 2.24) is 15.2 Å². The minimum Gasteiger partial charge on any atom is -0.337 e. The molecule has 0 radical (unpaired) electrons. The van der Waals surface area contributed by atoms with Crippen LogP contribution in [0.2, 0.25) is 0 Å². The molecule has 0 saturated carbocycles. The van der Waals surface area contributed by atoms with E-state index in [4.69, 9.17) is 0 Å². The van der Waals surface area contributed by atoms with Gasteiger partial charge in [-0.05, 0) is 10.8 Å². The van der Waals surface area contributed by atoms with Crippen LogP contribution in [0, 0.1) is 0 Å². The van der Waals surface area contributed by atoms with Crippen LogP contribution in [0.4, 0.5) is 5.13 Å². The largest absolute Gasteiger partial charge is 0.337 e. The number of nitrogens with one attached hydrogen (secondary N) is 3. The van der Waals surface area contributed by atoms with Crippen molar-refractivity contribution in [2.75, 3.05) is 5.32 Å². The maximum atomic E-state index is 11.6. The minimum atomic E-state index is -0.210. The molecule has 0 unspecified atom stereocenters. The van der Waals surface area contributed by atoms with E-state index in [1.165, 1.54) is 22.1 Å². The molecule has 0 aliphatic carbocycles. The predicted octanol–water partition coefficient (Wildman–Crippen LogP) is 2.24. The lowest BCUT2D eigenvalue weighted by Crippen LogP contribution is -2.33. The summed E-state index contributed by atoms with van der Waals surface area (Å²) in [4.78, 5) is 16.2. The topological polar surface area (TPSA) is 73.6 Å². The predicted molar refractivity (Wildman–Crippen MR) is 99.3 cm³/mol. The van der Waals surface area contributed by atoms with Crippen molar-refractivity contribution in [3.63, 3.8) is 0 Å². The van der Waals surface area contributed by atoms with Gasteiger partial charge in [0, 0.05) is 17.1 Å². The Bertz CT molecular complexity index is 1150. The molecule has 2 heterocycles. The van der Waals surface area contributed by atoms with E-state index in [1.807, 2.05) is 23.6 Å². The summed E-state index contributed by atoms with van der Waals surface area (Å²) >= 11 is 1.49. The Morgan fingerprint density at radius 3 is 2.79 bits per heavy atom. The Hall–Kier alpha value is -3.12. The van der Waals surface area contributed by atoms with E-state index < -0.39 is 0 Å². The van der Waals surface area contributed by atoms with Gasteiger partial charge in [-0.25, -0.2) is 4.98 Å². The van der Waals surface area contributed by atoms with Gasteiger partial charge in [-0.2, -0.15) is 0 Å². The van der Waals surface area contributed by atoms with Gasteiger partial charge in [0.05, 0.1) is 16.3 Å². The van der Waals surface area contributed by atoms with Gasteiger partial charge < -0.3 is 5.32 Å². The summed E-state index contributed by atoms with van der Waals surface area (Å²) < 4.78 is 0. The minimum absolute atomic E-state index is 0.210. The summed E-state index contributed by atoms with van der Waals surface area (Å²) in [5.41, 5.74) is 1.79. The molecule has 0 aliphatic rings. The van der Waals surface area contributed by atoms with Gasteiger partial charge in [-0.3, -0.25) is 15.0 Å². The van der Waals surface area contributed by atoms with E-state index in [-0.39, 0.29) is 5.56 Å². The Morgan fingerprint density at radius 2 is 1.96 bits per heavy atom. The molecule has 0 amide bonds. The van der Waals surface area contributed by atoms with Gasteiger partial charge in [0.2, 0.25) is 0 Å². The molecule has 5 nitrogen and oxygen atoms in total. The average molecular weight is 334 g/mol. The van der Waals surface area contributed by atoms with Crippen LogP contribution < -0.4 is 21.4 Å². The second-order valence-electron chi connectivity index (χ2n) is 5.32. The third kappa shape index (κ3) is 2.53. The van der Waals surface area contributed by atoms with Gasteiger partial charge in [-0.1, -0.05) is 49.0 Å². The number of fused-ring (bicyclic) bond motifs is 1. The molecule has 2 aromatic carbocycles. The van der Waals surface area contributed by atoms with Crippen molar-refractivity contribution in [1.29, 1.82) is 0 Å². The fraction of sp³-hybridized carbons (Fsp3) is 0. The summed E-state index contributed by atoms with van der Waals surface area (Å²) in [5.74, 6) is 0. The number of aromatic amines is 2. The molecule has 118 valence electrons. The van der Waals surface area contributed by atoms with Crippen LogP contribution in [-0.2, 0) is 0 Å². The van der Waals surface area contributed by atoms with Crippen LogP contribution in [0.25, 0.3) is 34.8 Å². The van der Waals surface area contributed by atoms with Crippen molar-refractivity contribution in [2.45, 2.75) is 0 Å². The Balaban J connectivity index is 1.71. The van der Waals surface area contributed by atoms with Gasteiger partial charge in [0.15, 0.2) is 5.13 Å². The summed E-state index contributed by atoms with van der Waals surface area (Å²) in [5, 5.41) is 14.3. The molecule has 0 fully saturated rings. The third-order valence-corrected chi connectivity index (χ3v) is 4.58. The fourth-order valence-corrected chi connectivity index (χ4v) is 3.28. The zero-order chi connectivity index (χ0) is 16.5. The first-order valence-corrected chi connectivity index (χ1v) is 8.26. The quantitative estimate of drug-likeness (QED) is 0.538. The average Bonchev–Trinajstić information content (AvgIpc) is 3.20. The highest BCUT2D eigenvalue weighted by molar-refractivity contribution is 7.14. The van der Waals surface area contributed by atoms with Crippen LogP contribution in [0.15, 0.2) is 52.6 Å². The highest BCUT2D eigenvalue weighted by Gasteiger charge is 2.07. The number of hydrogen-bond donors (Lipinski definition) is 3. The third-order valence-electron chi connectivity index (χ3n) is 3.81. The van der Waals surface area contributed by atoms with Crippen molar-refractivity contribution in [2.24, 2.45) is 0 Å². The van der Waals surface area contributed by atoms with Crippen LogP contribution >= 0.6 is 11.3 Å². The number of rotatable bonds is 3. The van der Waals surface area contributed by atoms with E-state index in [0.29, 0.717) is 10.6 Å². The first-order chi connectivity index (χ1) is 11.7. The number of aromatic nitrogens is 3. The van der Waals surface area contributed by atoms with Crippen molar-refractivity contribution < 1.29 is 0 Å². The number of anilines is 1. The monoisotopic (exact) mass is 334 g/mol. The molecule has 24 heavy (non-hydrogen) atoms. The molecule has 0 aliphatic heterocycles. The lowest BCUT2D eigenvalue weighted by molar-refractivity contribution is 1.04. The van der Waals surface area contributed by atoms with E-state index >= 15 is 0 Å². The van der Waals surface area contributed by atoms with Crippen LogP contribution in [0.3, 0.4) is 0 Å². The van der Waals surface area contributed by atoms with E-state index in [0.717, 1.165) is 16.4 Å². The van der Waals surface area contributed by atoms with Gasteiger partial charge >= 0.3 is 0 Å². The number of thiazole rings is 1. The van der Waals surface area contributed by atoms with E-state index in [2.05, 4.69) is 51.3 Å². The molecule has 0 saturated heterocycles. The second-order valence-corrected chi connectivity index (χ2v) is 6.18. The maximum absolute atomic E-state index is 11.6. The number of nitrogens with zero attached hydrogens (tertiary/aromatic N) is 1. The van der Waals surface area contributed by atoms with Gasteiger partial charge in [0.25, 0.3) is 5.56 Å². The van der Waals surface area contributed by atoms with Crippen LogP contribution in [0.1, 0.15) is 0 Å². The maximum Gasteiger partial charge on any atom is 0.273 e. The molecule has 4 aromatic rings. The van der Waals surface area contributed by atoms with Gasteiger partial charge in [-0.15, -0.1) is 11.3 Å². The summed E-state index contributed by atoms with van der Waals surface area (Å²) in [6.07, 6.45) is 1.61. The Labute approximate surface area is 141 Å². The summed E-state index contributed by atoms with van der Waals surface area (Å²) in [6.45, 7) is 3.77. The Morgan fingerprint density at radius 1 is 1.12 bits per heavy atom. The zero-order valence-electron chi connectivity index (χ0n) is 12.7. The normalized spacial score (nSPS) is 11.9. The molecular weight excluding hydrogens is 320 g/mol. The highest BCUT2D eigenvalue weighted by atomic mass is 32.1. The van der Waals surface area contributed by atoms with Crippen LogP contribution in [-0.4, -0.2) is 15.2 Å². The molecule has 3 N–H and O–H groups in total. The standard InChI is InChI=1S/C18H14N4OS/c1-11-15(17(23)22-21-11)9-19-18-20-16(10-24-18)14-8-4-6-12-5-2-3-7-13(12)14/h2-10,21H,1H2,(H,19,20)(H,22,23). The smallest absolute Gasteiger partial charge is 0.273 e. The summed E-state index contributed by atoms with van der Waals surface area (Å²) in [6, 6.07) is 14.4. The zero-order valence-corrected chi connectivity index (χ0v) is 13.5. The summed E-state index contributed by atoms with van der Waals surface area (Å²) in [7, 11) is 0. The fourth-order valence-electron chi connectivity index (χ4n) is 2.60. The molecule has 6 heteroatoms. The molecule has 0 atom stereocenters. The number of hydrogen-bond acceptors (Lipinski definition) is 4. The molecule has 2 aromatic heterocycles. The second kappa shape index (κ2) is 5.82. The lowest BCUT2D eigenvalue weighted by Gasteiger charge is -2.03. The van der Waals surface area contributed by atoms with Crippen molar-refractivity contribution in [3.8, 4) is 11.3 Å². The van der Waals surface area contributed by atoms with Gasteiger partial charge in [0.1, 0.15) is 0 Å². The van der Waals surface area contributed by atoms with Crippen molar-refractivity contribution >= 4 is 40.0 Å². The molecular formula is C18H14N4OS. The SMILES string of the molecule is C=c1[nH][nH]c(=O)c1=CNc1nc(-c2cccc3ccccc23)cs1. The molecule has 4 rings (SSSR count). The first kappa shape index (κ1) is 14.5. The molecule has 0 bridgehead atoms. The molecule has 0 spiro atoms. The highest BCUT2D eigenvalue weighted by Crippen LogP contribution is 2.30. The van der Waals surface area contributed by atoms with E-state index in [9.17, 15) is 4.79 Å². The lowest BCUT2D eigenvalue weighted by atomic mass is 10.0.